The summed E-state index contributed by atoms with van der Waals surface area (Å²) in [6, 6.07) is 13.9. The summed E-state index contributed by atoms with van der Waals surface area (Å²) in [4.78, 5) is 0. The predicted octanol–water partition coefficient (Wildman–Crippen LogP) is 4.73. The van der Waals surface area contributed by atoms with Crippen LogP contribution in [0.25, 0.3) is 0 Å². The van der Waals surface area contributed by atoms with E-state index in [-0.39, 0.29) is 0 Å². The van der Waals surface area contributed by atoms with E-state index < -0.39 is 0 Å². The molecule has 2 aromatic rings. The maximum atomic E-state index is 5.92. The molecule has 0 heterocycles. The molecule has 0 radical (unpaired) electrons. The zero-order chi connectivity index (χ0) is 13.8. The summed E-state index contributed by atoms with van der Waals surface area (Å²) in [5.41, 5.74) is 8.82. The lowest BCUT2D eigenvalue weighted by Crippen LogP contribution is -2.00. The fraction of sp³-hybridized carbons (Fsp3) is 0.250. The van der Waals surface area contributed by atoms with Crippen LogP contribution in [0.1, 0.15) is 30.9 Å². The minimum atomic E-state index is 0.424. The smallest absolute Gasteiger partial charge is 0.123 e. The Morgan fingerprint density at radius 1 is 1.16 bits per heavy atom. The second-order valence-electron chi connectivity index (χ2n) is 4.87. The predicted molar refractivity (Wildman–Crippen MR) is 83.4 cm³/mol. The van der Waals surface area contributed by atoms with Crippen molar-refractivity contribution in [3.63, 3.8) is 0 Å². The molecule has 19 heavy (non-hydrogen) atoms. The van der Waals surface area contributed by atoms with Gasteiger partial charge in [-0.2, -0.15) is 0 Å². The monoisotopic (exact) mass is 319 g/mol. The summed E-state index contributed by atoms with van der Waals surface area (Å²) in [6.07, 6.45) is 0. The zero-order valence-corrected chi connectivity index (χ0v) is 12.8. The minimum Gasteiger partial charge on any atom is -0.489 e. The maximum Gasteiger partial charge on any atom is 0.123 e. The minimum absolute atomic E-state index is 0.424. The first-order chi connectivity index (χ1) is 9.06. The van der Waals surface area contributed by atoms with E-state index in [9.17, 15) is 0 Å². The highest BCUT2D eigenvalue weighted by Crippen LogP contribution is 2.30. The van der Waals surface area contributed by atoms with Crippen LogP contribution < -0.4 is 10.5 Å². The van der Waals surface area contributed by atoms with Gasteiger partial charge in [-0.15, -0.1) is 0 Å². The lowest BCUT2D eigenvalue weighted by molar-refractivity contribution is 0.302. The third kappa shape index (κ3) is 3.74. The van der Waals surface area contributed by atoms with E-state index >= 15 is 0 Å². The van der Waals surface area contributed by atoms with Gasteiger partial charge in [0, 0.05) is 10.2 Å². The first kappa shape index (κ1) is 13.9. The van der Waals surface area contributed by atoms with E-state index in [0.717, 1.165) is 21.5 Å². The van der Waals surface area contributed by atoms with E-state index in [1.807, 2.05) is 36.4 Å². The summed E-state index contributed by atoms with van der Waals surface area (Å²) in [7, 11) is 0. The molecule has 0 aliphatic rings. The normalized spacial score (nSPS) is 10.7. The lowest BCUT2D eigenvalue weighted by Gasteiger charge is -2.14. The van der Waals surface area contributed by atoms with Crippen molar-refractivity contribution in [1.82, 2.24) is 0 Å². The highest BCUT2D eigenvalue weighted by molar-refractivity contribution is 9.10. The number of benzene rings is 2. The molecule has 3 heteroatoms. The van der Waals surface area contributed by atoms with Gasteiger partial charge in [0.25, 0.3) is 0 Å². The molecule has 2 rings (SSSR count). The summed E-state index contributed by atoms with van der Waals surface area (Å²) in [6.45, 7) is 4.86. The van der Waals surface area contributed by atoms with Crippen LogP contribution >= 0.6 is 15.9 Å². The molecule has 0 saturated carbocycles. The number of hydrogen-bond acceptors (Lipinski definition) is 2. The molecule has 2 N–H and O–H groups in total. The number of ether oxygens (including phenoxy) is 1. The molecule has 0 saturated heterocycles. The lowest BCUT2D eigenvalue weighted by atomic mass is 10.0. The van der Waals surface area contributed by atoms with Gasteiger partial charge < -0.3 is 10.5 Å². The molecule has 0 fully saturated rings. The fourth-order valence-corrected chi connectivity index (χ4v) is 2.32. The van der Waals surface area contributed by atoms with E-state index in [0.29, 0.717) is 12.5 Å². The van der Waals surface area contributed by atoms with Gasteiger partial charge in [-0.3, -0.25) is 0 Å². The summed E-state index contributed by atoms with van der Waals surface area (Å²) in [5, 5.41) is 0. The quantitative estimate of drug-likeness (QED) is 0.826. The number of hydrogen-bond donors (Lipinski definition) is 1. The molecule has 2 aromatic carbocycles. The molecular formula is C16H18BrNO. The molecule has 0 unspecified atom stereocenters. The first-order valence-electron chi connectivity index (χ1n) is 6.33. The van der Waals surface area contributed by atoms with Crippen molar-refractivity contribution in [1.29, 1.82) is 0 Å². The third-order valence-corrected chi connectivity index (χ3v) is 3.43. The van der Waals surface area contributed by atoms with Crippen molar-refractivity contribution in [3.8, 4) is 5.75 Å². The number of halogens is 1. The summed E-state index contributed by atoms with van der Waals surface area (Å²) < 4.78 is 6.99. The molecule has 0 atom stereocenters. The van der Waals surface area contributed by atoms with Gasteiger partial charge in [-0.05, 0) is 47.4 Å². The van der Waals surface area contributed by atoms with Gasteiger partial charge in [-0.1, -0.05) is 41.9 Å². The largest absolute Gasteiger partial charge is 0.489 e. The molecular weight excluding hydrogens is 302 g/mol. The van der Waals surface area contributed by atoms with E-state index in [2.05, 4.69) is 35.8 Å². The van der Waals surface area contributed by atoms with E-state index in [1.54, 1.807) is 0 Å². The highest BCUT2D eigenvalue weighted by atomic mass is 79.9. The molecule has 0 aromatic heterocycles. The van der Waals surface area contributed by atoms with Crippen LogP contribution in [0, 0.1) is 0 Å². The van der Waals surface area contributed by atoms with Crippen LogP contribution in [0.3, 0.4) is 0 Å². The molecule has 0 aliphatic carbocycles. The zero-order valence-electron chi connectivity index (χ0n) is 11.2. The second-order valence-corrected chi connectivity index (χ2v) is 5.79. The number of nitrogen functional groups attached to an aromatic ring is 1. The number of rotatable bonds is 4. The number of anilines is 1. The Morgan fingerprint density at radius 2 is 1.95 bits per heavy atom. The van der Waals surface area contributed by atoms with Gasteiger partial charge in [-0.25, -0.2) is 0 Å². The molecule has 0 aliphatic heterocycles. The summed E-state index contributed by atoms with van der Waals surface area (Å²) in [5.74, 6) is 1.36. The molecule has 0 bridgehead atoms. The van der Waals surface area contributed by atoms with Gasteiger partial charge in [0.2, 0.25) is 0 Å². The average molecular weight is 320 g/mol. The first-order valence-corrected chi connectivity index (χ1v) is 7.12. The van der Waals surface area contributed by atoms with Crippen LogP contribution in [0.4, 0.5) is 5.69 Å². The molecule has 2 nitrogen and oxygen atoms in total. The second kappa shape index (κ2) is 6.11. The van der Waals surface area contributed by atoms with Crippen LogP contribution in [0.15, 0.2) is 46.9 Å². The van der Waals surface area contributed by atoms with Crippen molar-refractivity contribution in [2.75, 3.05) is 5.73 Å². The Bertz CT molecular complexity index is 566. The van der Waals surface area contributed by atoms with Gasteiger partial charge in [0.15, 0.2) is 0 Å². The Morgan fingerprint density at radius 3 is 2.63 bits per heavy atom. The van der Waals surface area contributed by atoms with Crippen LogP contribution in [0.2, 0.25) is 0 Å². The van der Waals surface area contributed by atoms with Gasteiger partial charge in [0.05, 0.1) is 0 Å². The Balaban J connectivity index is 2.15. The molecule has 0 spiro atoms. The van der Waals surface area contributed by atoms with E-state index in [4.69, 9.17) is 10.5 Å². The fourth-order valence-electron chi connectivity index (χ4n) is 1.95. The average Bonchev–Trinajstić information content (AvgIpc) is 2.37. The SMILES string of the molecule is CC(C)c1cc(Br)ccc1OCc1cccc(N)c1. The van der Waals surface area contributed by atoms with Crippen LogP contribution in [-0.4, -0.2) is 0 Å². The highest BCUT2D eigenvalue weighted by Gasteiger charge is 2.08. The van der Waals surface area contributed by atoms with Crippen molar-refractivity contribution in [2.45, 2.75) is 26.4 Å². The van der Waals surface area contributed by atoms with Crippen LogP contribution in [-0.2, 0) is 6.61 Å². The van der Waals surface area contributed by atoms with Crippen molar-refractivity contribution in [2.24, 2.45) is 0 Å². The topological polar surface area (TPSA) is 35.2 Å². The number of nitrogens with two attached hydrogens (primary N) is 1. The molecule has 0 amide bonds. The Labute approximate surface area is 122 Å². The van der Waals surface area contributed by atoms with Crippen molar-refractivity contribution < 1.29 is 4.74 Å². The van der Waals surface area contributed by atoms with E-state index in [1.165, 1.54) is 5.56 Å². The van der Waals surface area contributed by atoms with Gasteiger partial charge in [0.1, 0.15) is 12.4 Å². The molecule has 100 valence electrons. The van der Waals surface area contributed by atoms with Gasteiger partial charge >= 0.3 is 0 Å². The standard InChI is InChI=1S/C16H18BrNO/c1-11(2)15-9-13(17)6-7-16(15)19-10-12-4-3-5-14(18)8-12/h3-9,11H,10,18H2,1-2H3. The summed E-state index contributed by atoms with van der Waals surface area (Å²) >= 11 is 3.50. The van der Waals surface area contributed by atoms with Crippen LogP contribution in [0.5, 0.6) is 5.75 Å². The van der Waals surface area contributed by atoms with Crippen molar-refractivity contribution in [3.05, 3.63) is 58.1 Å². The third-order valence-electron chi connectivity index (χ3n) is 2.94. The Kier molecular flexibility index (Phi) is 4.48. The Hall–Kier alpha value is -1.48. The van der Waals surface area contributed by atoms with Crippen molar-refractivity contribution >= 4 is 21.6 Å². The maximum absolute atomic E-state index is 5.92.